The van der Waals surface area contributed by atoms with E-state index in [1.54, 1.807) is 0 Å². The van der Waals surface area contributed by atoms with E-state index in [2.05, 4.69) is 26.1 Å². The molecule has 0 bridgehead atoms. The third-order valence-electron chi connectivity index (χ3n) is 6.44. The van der Waals surface area contributed by atoms with E-state index in [0.29, 0.717) is 6.10 Å². The zero-order valence-electron chi connectivity index (χ0n) is 14.4. The Hall–Kier alpha value is -0.0800. The molecule has 3 aliphatic carbocycles. The Morgan fingerprint density at radius 3 is 2.24 bits per heavy atom. The van der Waals surface area contributed by atoms with E-state index in [1.807, 2.05) is 0 Å². The predicted molar refractivity (Wildman–Crippen MR) is 88.4 cm³/mol. The SMILES string of the molecule is CC1CCC(CNC2CC2)(OC2CCC(C)C(C)C2)CC1. The summed E-state index contributed by atoms with van der Waals surface area (Å²) in [5, 5.41) is 3.77. The molecule has 3 rings (SSSR count). The van der Waals surface area contributed by atoms with Gasteiger partial charge in [-0.2, -0.15) is 0 Å². The zero-order valence-corrected chi connectivity index (χ0v) is 14.4. The van der Waals surface area contributed by atoms with Gasteiger partial charge in [0.15, 0.2) is 0 Å². The normalized spacial score (nSPS) is 44.7. The van der Waals surface area contributed by atoms with Crippen molar-refractivity contribution in [1.82, 2.24) is 5.32 Å². The number of nitrogens with one attached hydrogen (secondary N) is 1. The second kappa shape index (κ2) is 6.58. The third-order valence-corrected chi connectivity index (χ3v) is 6.44. The minimum atomic E-state index is 0.153. The fraction of sp³-hybridized carbons (Fsp3) is 1.00. The maximum absolute atomic E-state index is 6.80. The van der Waals surface area contributed by atoms with Gasteiger partial charge in [0.25, 0.3) is 0 Å². The van der Waals surface area contributed by atoms with Crippen molar-refractivity contribution in [3.8, 4) is 0 Å². The lowest BCUT2D eigenvalue weighted by Gasteiger charge is -2.44. The molecular formula is C19H35NO. The number of hydrogen-bond donors (Lipinski definition) is 1. The summed E-state index contributed by atoms with van der Waals surface area (Å²) >= 11 is 0. The Morgan fingerprint density at radius 2 is 1.62 bits per heavy atom. The van der Waals surface area contributed by atoms with Crippen LogP contribution in [0.2, 0.25) is 0 Å². The van der Waals surface area contributed by atoms with E-state index in [-0.39, 0.29) is 5.60 Å². The van der Waals surface area contributed by atoms with Crippen molar-refractivity contribution in [3.05, 3.63) is 0 Å². The number of rotatable bonds is 5. The van der Waals surface area contributed by atoms with Crippen LogP contribution in [0.4, 0.5) is 0 Å². The van der Waals surface area contributed by atoms with Crippen molar-refractivity contribution < 1.29 is 4.74 Å². The third kappa shape index (κ3) is 4.22. The van der Waals surface area contributed by atoms with Gasteiger partial charge in [-0.1, -0.05) is 20.8 Å². The van der Waals surface area contributed by atoms with E-state index in [4.69, 9.17) is 4.74 Å². The van der Waals surface area contributed by atoms with Gasteiger partial charge in [0.05, 0.1) is 11.7 Å². The highest BCUT2D eigenvalue weighted by atomic mass is 16.5. The lowest BCUT2D eigenvalue weighted by Crippen LogP contribution is -2.49. The molecule has 3 aliphatic rings. The molecule has 0 aromatic heterocycles. The number of hydrogen-bond acceptors (Lipinski definition) is 2. The lowest BCUT2D eigenvalue weighted by molar-refractivity contribution is -0.135. The van der Waals surface area contributed by atoms with Crippen LogP contribution < -0.4 is 5.32 Å². The van der Waals surface area contributed by atoms with Crippen molar-refractivity contribution in [2.45, 2.75) is 96.3 Å². The Morgan fingerprint density at radius 1 is 0.905 bits per heavy atom. The largest absolute Gasteiger partial charge is 0.370 e. The average molecular weight is 293 g/mol. The molecule has 3 unspecified atom stereocenters. The molecule has 3 fully saturated rings. The summed E-state index contributed by atoms with van der Waals surface area (Å²) in [7, 11) is 0. The summed E-state index contributed by atoms with van der Waals surface area (Å²) < 4.78 is 6.80. The molecule has 0 aromatic carbocycles. The van der Waals surface area contributed by atoms with E-state index >= 15 is 0 Å². The van der Waals surface area contributed by atoms with Crippen LogP contribution in [0.25, 0.3) is 0 Å². The second-order valence-electron chi connectivity index (χ2n) is 8.53. The van der Waals surface area contributed by atoms with E-state index in [9.17, 15) is 0 Å². The lowest BCUT2D eigenvalue weighted by atomic mass is 9.77. The summed E-state index contributed by atoms with van der Waals surface area (Å²) in [6.45, 7) is 8.33. The predicted octanol–water partition coefficient (Wildman–Crippen LogP) is 4.53. The maximum Gasteiger partial charge on any atom is 0.0810 e. The van der Waals surface area contributed by atoms with Gasteiger partial charge in [-0.05, 0) is 75.5 Å². The highest BCUT2D eigenvalue weighted by molar-refractivity contribution is 4.93. The smallest absolute Gasteiger partial charge is 0.0810 e. The van der Waals surface area contributed by atoms with Gasteiger partial charge < -0.3 is 10.1 Å². The van der Waals surface area contributed by atoms with Crippen LogP contribution in [0.5, 0.6) is 0 Å². The van der Waals surface area contributed by atoms with Gasteiger partial charge >= 0.3 is 0 Å². The molecule has 0 aromatic rings. The van der Waals surface area contributed by atoms with Gasteiger partial charge in [0.1, 0.15) is 0 Å². The minimum Gasteiger partial charge on any atom is -0.370 e. The van der Waals surface area contributed by atoms with Gasteiger partial charge in [0.2, 0.25) is 0 Å². The van der Waals surface area contributed by atoms with E-state index < -0.39 is 0 Å². The summed E-state index contributed by atoms with van der Waals surface area (Å²) in [6, 6.07) is 0.801. The monoisotopic (exact) mass is 293 g/mol. The van der Waals surface area contributed by atoms with Crippen LogP contribution in [-0.2, 0) is 4.74 Å². The first kappa shape index (κ1) is 15.8. The van der Waals surface area contributed by atoms with Crippen molar-refractivity contribution >= 4 is 0 Å². The van der Waals surface area contributed by atoms with E-state index in [0.717, 1.165) is 30.3 Å². The van der Waals surface area contributed by atoms with Crippen LogP contribution in [-0.4, -0.2) is 24.3 Å². The topological polar surface area (TPSA) is 21.3 Å². The molecule has 0 heterocycles. The minimum absolute atomic E-state index is 0.153. The molecule has 0 aliphatic heterocycles. The van der Waals surface area contributed by atoms with Gasteiger partial charge in [-0.15, -0.1) is 0 Å². The Balaban J connectivity index is 1.58. The molecule has 2 heteroatoms. The molecule has 3 atom stereocenters. The second-order valence-corrected chi connectivity index (χ2v) is 8.53. The first-order valence-corrected chi connectivity index (χ1v) is 9.47. The van der Waals surface area contributed by atoms with Crippen LogP contribution in [0.15, 0.2) is 0 Å². The molecule has 21 heavy (non-hydrogen) atoms. The summed E-state index contributed by atoms with van der Waals surface area (Å²) in [5.74, 6) is 2.62. The first-order chi connectivity index (χ1) is 10.1. The van der Waals surface area contributed by atoms with E-state index in [1.165, 1.54) is 57.8 Å². The van der Waals surface area contributed by atoms with Crippen LogP contribution >= 0.6 is 0 Å². The average Bonchev–Trinajstić information content (AvgIpc) is 3.28. The van der Waals surface area contributed by atoms with Crippen LogP contribution in [0.1, 0.15) is 78.6 Å². The molecular weight excluding hydrogens is 258 g/mol. The van der Waals surface area contributed by atoms with Crippen LogP contribution in [0.3, 0.4) is 0 Å². The fourth-order valence-electron chi connectivity index (χ4n) is 4.20. The molecule has 1 N–H and O–H groups in total. The van der Waals surface area contributed by atoms with Gasteiger partial charge in [-0.3, -0.25) is 0 Å². The summed E-state index contributed by atoms with van der Waals surface area (Å²) in [5.41, 5.74) is 0.153. The van der Waals surface area contributed by atoms with Gasteiger partial charge in [0, 0.05) is 12.6 Å². The standard InChI is InChI=1S/C19H35NO/c1-14-8-10-19(11-9-14,13-20-17-5-6-17)21-18-7-4-15(2)16(3)12-18/h14-18,20H,4-13H2,1-3H3. The Kier molecular flexibility index (Phi) is 4.95. The maximum atomic E-state index is 6.80. The molecule has 122 valence electrons. The first-order valence-electron chi connectivity index (χ1n) is 9.47. The Bertz CT molecular complexity index is 330. The summed E-state index contributed by atoms with van der Waals surface area (Å²) in [4.78, 5) is 0. The van der Waals surface area contributed by atoms with Gasteiger partial charge in [-0.25, -0.2) is 0 Å². The molecule has 3 saturated carbocycles. The van der Waals surface area contributed by atoms with Crippen LogP contribution in [0, 0.1) is 17.8 Å². The van der Waals surface area contributed by atoms with Crippen molar-refractivity contribution in [1.29, 1.82) is 0 Å². The van der Waals surface area contributed by atoms with Crippen molar-refractivity contribution in [3.63, 3.8) is 0 Å². The zero-order chi connectivity index (χ0) is 14.9. The summed E-state index contributed by atoms with van der Waals surface area (Å²) in [6.07, 6.45) is 12.4. The molecule has 0 amide bonds. The fourth-order valence-corrected chi connectivity index (χ4v) is 4.20. The Labute approximate surface area is 131 Å². The quantitative estimate of drug-likeness (QED) is 0.804. The molecule has 0 spiro atoms. The highest BCUT2D eigenvalue weighted by Crippen LogP contribution is 2.39. The molecule has 0 radical (unpaired) electrons. The molecule has 2 nitrogen and oxygen atoms in total. The van der Waals surface area contributed by atoms with Crippen molar-refractivity contribution in [2.75, 3.05) is 6.54 Å². The highest BCUT2D eigenvalue weighted by Gasteiger charge is 2.39. The van der Waals surface area contributed by atoms with Crippen molar-refractivity contribution in [2.24, 2.45) is 17.8 Å². The molecule has 0 saturated heterocycles. The number of ether oxygens (including phenoxy) is 1.